The van der Waals surface area contributed by atoms with Gasteiger partial charge in [0.05, 0.1) is 9.83 Å². The van der Waals surface area contributed by atoms with Gasteiger partial charge in [-0.25, -0.2) is 9.97 Å². The van der Waals surface area contributed by atoms with Crippen LogP contribution < -0.4 is 5.32 Å². The van der Waals surface area contributed by atoms with Crippen LogP contribution in [0.15, 0.2) is 28.3 Å². The summed E-state index contributed by atoms with van der Waals surface area (Å²) in [5.41, 5.74) is 1.09. The van der Waals surface area contributed by atoms with Crippen LogP contribution >= 0.6 is 27.3 Å². The fraction of sp³-hybridized carbons (Fsp3) is 0.429. The fourth-order valence-corrected chi connectivity index (χ4v) is 3.35. The van der Waals surface area contributed by atoms with Gasteiger partial charge in [0.2, 0.25) is 0 Å². The lowest BCUT2D eigenvalue weighted by Gasteiger charge is -2.16. The molecule has 0 fully saturated rings. The van der Waals surface area contributed by atoms with Gasteiger partial charge in [0.25, 0.3) is 0 Å². The van der Waals surface area contributed by atoms with Gasteiger partial charge in [-0.1, -0.05) is 6.92 Å². The maximum absolute atomic E-state index is 4.45. The van der Waals surface area contributed by atoms with Gasteiger partial charge in [-0.2, -0.15) is 0 Å². The van der Waals surface area contributed by atoms with Crippen molar-refractivity contribution in [3.05, 3.63) is 44.6 Å². The molecule has 3 nitrogen and oxygen atoms in total. The second-order valence-corrected chi connectivity index (χ2v) is 7.08. The molecule has 0 saturated heterocycles. The first kappa shape index (κ1) is 14.6. The third kappa shape index (κ3) is 4.37. The van der Waals surface area contributed by atoms with Gasteiger partial charge in [0.15, 0.2) is 0 Å². The minimum Gasteiger partial charge on any atom is -0.307 e. The highest BCUT2D eigenvalue weighted by molar-refractivity contribution is 9.11. The van der Waals surface area contributed by atoms with E-state index in [9.17, 15) is 0 Å². The Labute approximate surface area is 126 Å². The average Bonchev–Trinajstić information content (AvgIpc) is 2.81. The van der Waals surface area contributed by atoms with Crippen molar-refractivity contribution < 1.29 is 0 Å². The van der Waals surface area contributed by atoms with E-state index in [4.69, 9.17) is 0 Å². The molecule has 0 aliphatic carbocycles. The summed E-state index contributed by atoms with van der Waals surface area (Å²) in [6.45, 7) is 5.16. The van der Waals surface area contributed by atoms with Crippen LogP contribution in [-0.4, -0.2) is 16.5 Å². The molecule has 5 heteroatoms. The van der Waals surface area contributed by atoms with Crippen LogP contribution in [0.25, 0.3) is 0 Å². The Morgan fingerprint density at radius 1 is 1.32 bits per heavy atom. The zero-order valence-corrected chi connectivity index (χ0v) is 13.6. The summed E-state index contributed by atoms with van der Waals surface area (Å²) in [5.74, 6) is 0.878. The topological polar surface area (TPSA) is 37.8 Å². The normalized spacial score (nSPS) is 12.6. The van der Waals surface area contributed by atoms with E-state index in [1.54, 1.807) is 11.3 Å². The summed E-state index contributed by atoms with van der Waals surface area (Å²) >= 11 is 5.28. The van der Waals surface area contributed by atoms with Gasteiger partial charge < -0.3 is 5.32 Å². The van der Waals surface area contributed by atoms with Crippen LogP contribution in [-0.2, 0) is 6.42 Å². The molecular weight excluding hydrogens is 322 g/mol. The highest BCUT2D eigenvalue weighted by Gasteiger charge is 2.15. The lowest BCUT2D eigenvalue weighted by molar-refractivity contribution is 0.507. The van der Waals surface area contributed by atoms with Crippen LogP contribution in [0, 0.1) is 6.92 Å². The molecule has 1 atom stereocenters. The number of hydrogen-bond donors (Lipinski definition) is 1. The number of thiophene rings is 1. The molecule has 102 valence electrons. The molecule has 1 N–H and O–H groups in total. The van der Waals surface area contributed by atoms with Gasteiger partial charge in [0, 0.05) is 23.7 Å². The summed E-state index contributed by atoms with van der Waals surface area (Å²) in [6, 6.07) is 4.43. The zero-order chi connectivity index (χ0) is 13.7. The number of nitrogens with one attached hydrogen (secondary N) is 1. The number of halogens is 1. The number of hydrogen-bond acceptors (Lipinski definition) is 4. The minimum atomic E-state index is 0.186. The highest BCUT2D eigenvalue weighted by Crippen LogP contribution is 2.26. The molecule has 2 rings (SSSR count). The Balaban J connectivity index is 2.13. The highest BCUT2D eigenvalue weighted by atomic mass is 79.9. The van der Waals surface area contributed by atoms with E-state index in [0.717, 1.165) is 30.8 Å². The standard InChI is InChI=1S/C14H18BrN3S/c1-3-6-16-12(7-11-4-5-13(15)19-11)14-17-8-10(2)9-18-14/h4-5,8-9,12,16H,3,6-7H2,1-2H3. The SMILES string of the molecule is CCCNC(Cc1ccc(Br)s1)c1ncc(C)cn1. The summed E-state index contributed by atoms with van der Waals surface area (Å²) in [5, 5.41) is 3.53. The first-order valence-corrected chi connectivity index (χ1v) is 8.06. The molecule has 19 heavy (non-hydrogen) atoms. The maximum Gasteiger partial charge on any atom is 0.145 e. The van der Waals surface area contributed by atoms with Crippen molar-refractivity contribution in [2.75, 3.05) is 6.54 Å². The Morgan fingerprint density at radius 3 is 2.63 bits per heavy atom. The number of nitrogens with zero attached hydrogens (tertiary/aromatic N) is 2. The third-order valence-corrected chi connectivity index (χ3v) is 4.43. The van der Waals surface area contributed by atoms with Crippen molar-refractivity contribution >= 4 is 27.3 Å². The van der Waals surface area contributed by atoms with Crippen LogP contribution in [0.3, 0.4) is 0 Å². The maximum atomic E-state index is 4.45. The minimum absolute atomic E-state index is 0.186. The molecule has 0 radical (unpaired) electrons. The molecule has 0 aliphatic rings. The van der Waals surface area contributed by atoms with Gasteiger partial charge in [-0.3, -0.25) is 0 Å². The van der Waals surface area contributed by atoms with E-state index < -0.39 is 0 Å². The predicted molar refractivity (Wildman–Crippen MR) is 83.5 cm³/mol. The van der Waals surface area contributed by atoms with Gasteiger partial charge in [0.1, 0.15) is 5.82 Å². The molecule has 0 saturated carbocycles. The Morgan fingerprint density at radius 2 is 2.05 bits per heavy atom. The van der Waals surface area contributed by atoms with Gasteiger partial charge in [-0.15, -0.1) is 11.3 Å². The quantitative estimate of drug-likeness (QED) is 0.867. The number of aromatic nitrogens is 2. The Hall–Kier alpha value is -0.780. The van der Waals surface area contributed by atoms with Crippen molar-refractivity contribution in [2.45, 2.75) is 32.7 Å². The van der Waals surface area contributed by atoms with Gasteiger partial charge in [-0.05, 0) is 53.5 Å². The molecule has 0 spiro atoms. The zero-order valence-electron chi connectivity index (χ0n) is 11.2. The molecule has 0 aromatic carbocycles. The van der Waals surface area contributed by atoms with Crippen LogP contribution in [0.5, 0.6) is 0 Å². The van der Waals surface area contributed by atoms with Crippen molar-refractivity contribution in [1.82, 2.24) is 15.3 Å². The smallest absolute Gasteiger partial charge is 0.145 e. The van der Waals surface area contributed by atoms with E-state index in [-0.39, 0.29) is 6.04 Å². The largest absolute Gasteiger partial charge is 0.307 e. The van der Waals surface area contributed by atoms with Crippen LogP contribution in [0.2, 0.25) is 0 Å². The monoisotopic (exact) mass is 339 g/mol. The van der Waals surface area contributed by atoms with Crippen molar-refractivity contribution in [3.63, 3.8) is 0 Å². The summed E-state index contributed by atoms with van der Waals surface area (Å²) in [4.78, 5) is 10.2. The summed E-state index contributed by atoms with van der Waals surface area (Å²) in [7, 11) is 0. The molecule has 0 aliphatic heterocycles. The molecule has 0 bridgehead atoms. The fourth-order valence-electron chi connectivity index (χ4n) is 1.82. The second-order valence-electron chi connectivity index (χ2n) is 4.54. The molecular formula is C14H18BrN3S. The first-order chi connectivity index (χ1) is 9.19. The molecule has 0 amide bonds. The van der Waals surface area contributed by atoms with E-state index in [2.05, 4.69) is 50.3 Å². The third-order valence-electron chi connectivity index (χ3n) is 2.79. The summed E-state index contributed by atoms with van der Waals surface area (Å²) in [6.07, 6.45) is 5.80. The molecule has 2 aromatic heterocycles. The predicted octanol–water partition coefficient (Wildman–Crippen LogP) is 3.89. The van der Waals surface area contributed by atoms with E-state index in [0.29, 0.717) is 0 Å². The van der Waals surface area contributed by atoms with E-state index in [1.807, 2.05) is 19.3 Å². The van der Waals surface area contributed by atoms with E-state index in [1.165, 1.54) is 8.66 Å². The summed E-state index contributed by atoms with van der Waals surface area (Å²) < 4.78 is 1.17. The Kier molecular flexibility index (Phi) is 5.48. The lowest BCUT2D eigenvalue weighted by atomic mass is 10.1. The van der Waals surface area contributed by atoms with Crippen molar-refractivity contribution in [2.24, 2.45) is 0 Å². The lowest BCUT2D eigenvalue weighted by Crippen LogP contribution is -2.25. The molecule has 2 heterocycles. The van der Waals surface area contributed by atoms with E-state index >= 15 is 0 Å². The van der Waals surface area contributed by atoms with Crippen LogP contribution in [0.4, 0.5) is 0 Å². The Bertz CT molecular complexity index is 510. The second kappa shape index (κ2) is 7.12. The first-order valence-electron chi connectivity index (χ1n) is 6.45. The molecule has 1 unspecified atom stereocenters. The number of rotatable bonds is 6. The van der Waals surface area contributed by atoms with Crippen LogP contribution in [0.1, 0.15) is 35.7 Å². The number of aryl methyl sites for hydroxylation is 1. The van der Waals surface area contributed by atoms with Crippen molar-refractivity contribution in [3.8, 4) is 0 Å². The van der Waals surface area contributed by atoms with Crippen molar-refractivity contribution in [1.29, 1.82) is 0 Å². The molecule has 2 aromatic rings. The average molecular weight is 340 g/mol. The van der Waals surface area contributed by atoms with Gasteiger partial charge >= 0.3 is 0 Å².